The summed E-state index contributed by atoms with van der Waals surface area (Å²) >= 11 is 4.09. The average molecular weight is 257 g/mol. The molecular weight excluding hydrogens is 250 g/mol. The number of aliphatic hydroxyl groups is 1. The van der Waals surface area contributed by atoms with E-state index in [0.29, 0.717) is 3.79 Å². The van der Waals surface area contributed by atoms with Gasteiger partial charge < -0.3 is 5.11 Å². The van der Waals surface area contributed by atoms with Gasteiger partial charge in [0.25, 0.3) is 5.92 Å². The molecule has 0 spiro atoms. The van der Waals surface area contributed by atoms with E-state index in [1.54, 1.807) is 6.07 Å². The number of thiophene rings is 1. The summed E-state index contributed by atoms with van der Waals surface area (Å²) in [6.07, 6.45) is -0.514. The molecule has 0 aliphatic rings. The molecule has 5 heteroatoms. The number of alkyl halides is 2. The van der Waals surface area contributed by atoms with Gasteiger partial charge in [-0.2, -0.15) is 0 Å². The van der Waals surface area contributed by atoms with Crippen LogP contribution in [0.2, 0.25) is 0 Å². The Morgan fingerprint density at radius 3 is 2.58 bits per heavy atom. The lowest BCUT2D eigenvalue weighted by molar-refractivity contribution is -0.0234. The van der Waals surface area contributed by atoms with Gasteiger partial charge in [0, 0.05) is 13.0 Å². The van der Waals surface area contributed by atoms with E-state index in [2.05, 4.69) is 15.9 Å². The van der Waals surface area contributed by atoms with Crippen molar-refractivity contribution in [2.75, 3.05) is 6.61 Å². The maximum Gasteiger partial charge on any atom is 0.284 e. The lowest BCUT2D eigenvalue weighted by Crippen LogP contribution is -2.13. The van der Waals surface area contributed by atoms with Crippen molar-refractivity contribution >= 4 is 27.3 Å². The molecule has 0 atom stereocenters. The molecule has 0 amide bonds. The zero-order valence-electron chi connectivity index (χ0n) is 6.06. The van der Waals surface area contributed by atoms with Gasteiger partial charge in [0.15, 0.2) is 0 Å². The molecule has 1 heterocycles. The van der Waals surface area contributed by atoms with Crippen molar-refractivity contribution in [1.29, 1.82) is 0 Å². The van der Waals surface area contributed by atoms with Crippen LogP contribution in [0, 0.1) is 0 Å². The third-order valence-electron chi connectivity index (χ3n) is 1.36. The van der Waals surface area contributed by atoms with Crippen molar-refractivity contribution in [3.8, 4) is 0 Å². The average Bonchev–Trinajstić information content (AvgIpc) is 2.36. The molecule has 0 saturated heterocycles. The predicted octanol–water partition coefficient (Wildman–Crippen LogP) is 2.98. The van der Waals surface area contributed by atoms with Gasteiger partial charge in [-0.15, -0.1) is 11.3 Å². The summed E-state index contributed by atoms with van der Waals surface area (Å²) in [5.74, 6) is -2.90. The van der Waals surface area contributed by atoms with Gasteiger partial charge in [-0.1, -0.05) is 0 Å². The molecule has 1 aromatic rings. The summed E-state index contributed by atoms with van der Waals surface area (Å²) in [4.78, 5) is -0.0107. The van der Waals surface area contributed by atoms with Gasteiger partial charge in [-0.05, 0) is 28.1 Å². The van der Waals surface area contributed by atoms with Gasteiger partial charge in [-0.25, -0.2) is 8.78 Å². The predicted molar refractivity (Wildman–Crippen MR) is 47.6 cm³/mol. The molecule has 0 radical (unpaired) electrons. The topological polar surface area (TPSA) is 20.2 Å². The second kappa shape index (κ2) is 3.81. The summed E-state index contributed by atoms with van der Waals surface area (Å²) < 4.78 is 26.7. The van der Waals surface area contributed by atoms with E-state index in [-0.39, 0.29) is 4.88 Å². The standard InChI is InChI=1S/C7H7BrF2OS/c8-6-2-1-5(12-6)7(9,10)3-4-11/h1-2,11H,3-4H2. The highest BCUT2D eigenvalue weighted by Gasteiger charge is 2.32. The van der Waals surface area contributed by atoms with E-state index in [4.69, 9.17) is 5.11 Å². The first-order valence-electron chi connectivity index (χ1n) is 3.31. The Morgan fingerprint density at radius 2 is 2.17 bits per heavy atom. The molecule has 0 bridgehead atoms. The smallest absolute Gasteiger partial charge is 0.284 e. The fourth-order valence-electron chi connectivity index (χ4n) is 0.774. The molecule has 1 aromatic heterocycles. The molecule has 1 nitrogen and oxygen atoms in total. The van der Waals surface area contributed by atoms with E-state index in [9.17, 15) is 8.78 Å². The van der Waals surface area contributed by atoms with Crippen LogP contribution in [-0.4, -0.2) is 11.7 Å². The Bertz CT molecular complexity index is 262. The molecule has 1 N–H and O–H groups in total. The van der Waals surface area contributed by atoms with Crippen molar-refractivity contribution < 1.29 is 13.9 Å². The summed E-state index contributed by atoms with van der Waals surface area (Å²) in [5, 5.41) is 8.38. The Kier molecular flexibility index (Phi) is 3.20. The van der Waals surface area contributed by atoms with E-state index < -0.39 is 19.0 Å². The first kappa shape index (κ1) is 10.1. The Balaban J connectivity index is 2.81. The quantitative estimate of drug-likeness (QED) is 0.882. The number of rotatable bonds is 3. The monoisotopic (exact) mass is 256 g/mol. The zero-order chi connectivity index (χ0) is 9.19. The summed E-state index contributed by atoms with van der Waals surface area (Å²) in [6.45, 7) is -0.498. The van der Waals surface area contributed by atoms with Crippen LogP contribution in [0.5, 0.6) is 0 Å². The molecule has 0 fully saturated rings. The second-order valence-corrected chi connectivity index (χ2v) is 4.74. The first-order valence-corrected chi connectivity index (χ1v) is 4.92. The highest BCUT2D eigenvalue weighted by molar-refractivity contribution is 9.11. The molecule has 12 heavy (non-hydrogen) atoms. The molecule has 0 saturated carbocycles. The summed E-state index contributed by atoms with van der Waals surface area (Å²) in [6, 6.07) is 2.94. The third-order valence-corrected chi connectivity index (χ3v) is 3.10. The van der Waals surface area contributed by atoms with E-state index in [1.807, 2.05) is 0 Å². The van der Waals surface area contributed by atoms with Gasteiger partial charge in [0.2, 0.25) is 0 Å². The van der Waals surface area contributed by atoms with Crippen LogP contribution < -0.4 is 0 Å². The SMILES string of the molecule is OCCC(F)(F)c1ccc(Br)s1. The lowest BCUT2D eigenvalue weighted by atomic mass is 10.2. The van der Waals surface area contributed by atoms with E-state index in [0.717, 1.165) is 11.3 Å². The second-order valence-electron chi connectivity index (χ2n) is 2.28. The minimum atomic E-state index is -2.90. The fourth-order valence-corrected chi connectivity index (χ4v) is 2.16. The number of hydrogen-bond acceptors (Lipinski definition) is 2. The maximum absolute atomic E-state index is 13.0. The van der Waals surface area contributed by atoms with Crippen molar-refractivity contribution in [1.82, 2.24) is 0 Å². The van der Waals surface area contributed by atoms with E-state index in [1.165, 1.54) is 6.07 Å². The van der Waals surface area contributed by atoms with Gasteiger partial charge >= 0.3 is 0 Å². The van der Waals surface area contributed by atoms with Gasteiger partial charge in [-0.3, -0.25) is 0 Å². The first-order chi connectivity index (χ1) is 5.56. The highest BCUT2D eigenvalue weighted by Crippen LogP contribution is 2.37. The summed E-state index contributed by atoms with van der Waals surface area (Å²) in [7, 11) is 0. The number of hydrogen-bond donors (Lipinski definition) is 1. The normalized spacial score (nSPS) is 12.0. The third kappa shape index (κ3) is 2.24. The van der Waals surface area contributed by atoms with Crippen LogP contribution in [0.25, 0.3) is 0 Å². The molecule has 68 valence electrons. The van der Waals surface area contributed by atoms with Crippen LogP contribution in [0.3, 0.4) is 0 Å². The molecule has 0 unspecified atom stereocenters. The van der Waals surface area contributed by atoms with E-state index >= 15 is 0 Å². The fraction of sp³-hybridized carbons (Fsp3) is 0.429. The lowest BCUT2D eigenvalue weighted by Gasteiger charge is -2.11. The van der Waals surface area contributed by atoms with Crippen LogP contribution in [-0.2, 0) is 5.92 Å². The van der Waals surface area contributed by atoms with Crippen LogP contribution in [0.4, 0.5) is 8.78 Å². The number of halogens is 3. The molecular formula is C7H7BrF2OS. The van der Waals surface area contributed by atoms with Crippen molar-refractivity contribution in [2.24, 2.45) is 0 Å². The highest BCUT2D eigenvalue weighted by atomic mass is 79.9. The Hall–Kier alpha value is -0.0000000000000000833. The van der Waals surface area contributed by atoms with Crippen LogP contribution in [0.15, 0.2) is 15.9 Å². The maximum atomic E-state index is 13.0. The van der Waals surface area contributed by atoms with Crippen molar-refractivity contribution in [3.63, 3.8) is 0 Å². The van der Waals surface area contributed by atoms with Crippen molar-refractivity contribution in [2.45, 2.75) is 12.3 Å². The molecule has 0 aliphatic carbocycles. The molecule has 1 rings (SSSR count). The Labute approximate surface area is 81.2 Å². The largest absolute Gasteiger partial charge is 0.396 e. The van der Waals surface area contributed by atoms with Crippen molar-refractivity contribution in [3.05, 3.63) is 20.8 Å². The number of aliphatic hydroxyl groups excluding tert-OH is 1. The Morgan fingerprint density at radius 1 is 1.50 bits per heavy atom. The minimum absolute atomic E-state index is 0.0107. The molecule has 0 aromatic carbocycles. The minimum Gasteiger partial charge on any atom is -0.396 e. The van der Waals surface area contributed by atoms with Crippen LogP contribution >= 0.6 is 27.3 Å². The molecule has 0 aliphatic heterocycles. The summed E-state index contributed by atoms with van der Waals surface area (Å²) in [5.41, 5.74) is 0. The van der Waals surface area contributed by atoms with Gasteiger partial charge in [0.05, 0.1) is 8.66 Å². The zero-order valence-corrected chi connectivity index (χ0v) is 8.46. The van der Waals surface area contributed by atoms with Crippen LogP contribution in [0.1, 0.15) is 11.3 Å². The van der Waals surface area contributed by atoms with Gasteiger partial charge in [0.1, 0.15) is 0 Å².